The monoisotopic (exact) mass is 303 g/mol. The first-order chi connectivity index (χ1) is 11.3. The van der Waals surface area contributed by atoms with Crippen LogP contribution in [0.4, 0.5) is 5.69 Å². The average Bonchev–Trinajstić information content (AvgIpc) is 2.97. The van der Waals surface area contributed by atoms with Crippen LogP contribution in [0.1, 0.15) is 0 Å². The van der Waals surface area contributed by atoms with Crippen LogP contribution >= 0.6 is 0 Å². The molecule has 3 aromatic rings. The van der Waals surface area contributed by atoms with Crippen LogP contribution in [0.15, 0.2) is 48.8 Å². The molecule has 1 aromatic carbocycles. The molecule has 114 valence electrons. The number of likely N-dealkylation sites (N-methyl/N-ethyl adjacent to an activating group) is 1. The van der Waals surface area contributed by atoms with E-state index >= 15 is 0 Å². The van der Waals surface area contributed by atoms with Gasteiger partial charge in [-0.1, -0.05) is 30.3 Å². The number of nitrogens with zero attached hydrogens (tertiary/aromatic N) is 4. The maximum atomic E-state index is 8.94. The summed E-state index contributed by atoms with van der Waals surface area (Å²) in [4.78, 5) is 11.8. The van der Waals surface area contributed by atoms with E-state index in [0.717, 1.165) is 29.8 Å². The SMILES string of the molecule is CN(C#N)C1CN(c2cnc3[nH]cc(-c4ccccc4)c3c2)C1. The van der Waals surface area contributed by atoms with Crippen LogP contribution < -0.4 is 4.90 Å². The van der Waals surface area contributed by atoms with Crippen LogP contribution in [0, 0.1) is 11.5 Å². The molecule has 0 saturated carbocycles. The van der Waals surface area contributed by atoms with E-state index in [-0.39, 0.29) is 0 Å². The lowest BCUT2D eigenvalue weighted by Gasteiger charge is -2.43. The highest BCUT2D eigenvalue weighted by atomic mass is 15.3. The molecule has 0 spiro atoms. The van der Waals surface area contributed by atoms with Crippen molar-refractivity contribution in [3.8, 4) is 17.3 Å². The lowest BCUT2D eigenvalue weighted by atomic mass is 10.0. The maximum Gasteiger partial charge on any atom is 0.179 e. The minimum absolute atomic E-state index is 0.301. The summed E-state index contributed by atoms with van der Waals surface area (Å²) in [6, 6.07) is 12.8. The molecule has 23 heavy (non-hydrogen) atoms. The van der Waals surface area contributed by atoms with Crippen LogP contribution in [-0.4, -0.2) is 41.0 Å². The van der Waals surface area contributed by atoms with Gasteiger partial charge >= 0.3 is 0 Å². The van der Waals surface area contributed by atoms with Gasteiger partial charge in [-0.05, 0) is 11.6 Å². The maximum absolute atomic E-state index is 8.94. The predicted octanol–water partition coefficient (Wildman–Crippen LogP) is 2.83. The minimum Gasteiger partial charge on any atom is -0.366 e. The Hall–Kier alpha value is -3.00. The number of anilines is 1. The Labute approximate surface area is 134 Å². The van der Waals surface area contributed by atoms with Gasteiger partial charge in [0.15, 0.2) is 6.19 Å². The van der Waals surface area contributed by atoms with E-state index in [4.69, 9.17) is 5.26 Å². The Bertz CT molecular complexity index is 871. The molecule has 1 fully saturated rings. The Morgan fingerprint density at radius 3 is 2.83 bits per heavy atom. The molecule has 1 saturated heterocycles. The van der Waals surface area contributed by atoms with Crippen molar-refractivity contribution >= 4 is 16.7 Å². The number of nitriles is 1. The van der Waals surface area contributed by atoms with Gasteiger partial charge in [0.1, 0.15) is 5.65 Å². The molecule has 1 aliphatic rings. The molecule has 1 N–H and O–H groups in total. The number of benzene rings is 1. The molecular formula is C18H17N5. The number of hydrogen-bond acceptors (Lipinski definition) is 4. The van der Waals surface area contributed by atoms with Gasteiger partial charge in [-0.3, -0.25) is 0 Å². The lowest BCUT2D eigenvalue weighted by Crippen LogP contribution is -2.57. The molecule has 5 heteroatoms. The van der Waals surface area contributed by atoms with Crippen LogP contribution in [0.5, 0.6) is 0 Å². The van der Waals surface area contributed by atoms with Gasteiger partial charge in [-0.15, -0.1) is 0 Å². The predicted molar refractivity (Wildman–Crippen MR) is 90.9 cm³/mol. The highest BCUT2D eigenvalue weighted by Gasteiger charge is 2.30. The quantitative estimate of drug-likeness (QED) is 0.597. The second kappa shape index (κ2) is 5.33. The highest BCUT2D eigenvalue weighted by Crippen LogP contribution is 2.31. The summed E-state index contributed by atoms with van der Waals surface area (Å²) in [5.74, 6) is 0. The van der Waals surface area contributed by atoms with Crippen molar-refractivity contribution in [2.75, 3.05) is 25.0 Å². The van der Waals surface area contributed by atoms with E-state index in [0.29, 0.717) is 6.04 Å². The van der Waals surface area contributed by atoms with E-state index in [1.807, 2.05) is 37.6 Å². The first-order valence-electron chi connectivity index (χ1n) is 7.66. The fourth-order valence-corrected chi connectivity index (χ4v) is 3.01. The third-order valence-electron chi connectivity index (χ3n) is 4.53. The molecule has 0 atom stereocenters. The number of fused-ring (bicyclic) bond motifs is 1. The second-order valence-electron chi connectivity index (χ2n) is 5.93. The number of aromatic amines is 1. The van der Waals surface area contributed by atoms with Gasteiger partial charge < -0.3 is 14.8 Å². The third-order valence-corrected chi connectivity index (χ3v) is 4.53. The van der Waals surface area contributed by atoms with Crippen molar-refractivity contribution in [3.05, 3.63) is 48.8 Å². The Kier molecular flexibility index (Phi) is 3.16. The number of pyridine rings is 1. The fourth-order valence-electron chi connectivity index (χ4n) is 3.01. The lowest BCUT2D eigenvalue weighted by molar-refractivity contribution is 0.286. The van der Waals surface area contributed by atoms with E-state index in [2.05, 4.69) is 39.3 Å². The smallest absolute Gasteiger partial charge is 0.179 e. The Balaban J connectivity index is 1.65. The molecule has 4 rings (SSSR count). The van der Waals surface area contributed by atoms with E-state index < -0.39 is 0 Å². The summed E-state index contributed by atoms with van der Waals surface area (Å²) in [6.07, 6.45) is 6.09. The summed E-state index contributed by atoms with van der Waals surface area (Å²) in [6.45, 7) is 1.73. The van der Waals surface area contributed by atoms with Crippen molar-refractivity contribution in [1.82, 2.24) is 14.9 Å². The minimum atomic E-state index is 0.301. The molecule has 0 radical (unpaired) electrons. The molecular weight excluding hydrogens is 286 g/mol. The highest BCUT2D eigenvalue weighted by molar-refractivity contribution is 5.95. The second-order valence-corrected chi connectivity index (χ2v) is 5.93. The van der Waals surface area contributed by atoms with E-state index in [9.17, 15) is 0 Å². The van der Waals surface area contributed by atoms with Crippen molar-refractivity contribution in [1.29, 1.82) is 5.26 Å². The van der Waals surface area contributed by atoms with Gasteiger partial charge in [0, 0.05) is 37.3 Å². The molecule has 0 amide bonds. The average molecular weight is 303 g/mol. The molecule has 0 aliphatic carbocycles. The first-order valence-corrected chi connectivity index (χ1v) is 7.66. The number of H-pyrrole nitrogens is 1. The number of nitrogens with one attached hydrogen (secondary N) is 1. The van der Waals surface area contributed by atoms with Crippen molar-refractivity contribution in [3.63, 3.8) is 0 Å². The van der Waals surface area contributed by atoms with Crippen LogP contribution in [0.2, 0.25) is 0 Å². The van der Waals surface area contributed by atoms with Crippen molar-refractivity contribution < 1.29 is 0 Å². The molecule has 0 bridgehead atoms. The summed E-state index contributed by atoms with van der Waals surface area (Å²) >= 11 is 0. The molecule has 0 unspecified atom stereocenters. The largest absolute Gasteiger partial charge is 0.366 e. The van der Waals surface area contributed by atoms with Gasteiger partial charge in [0.05, 0.1) is 17.9 Å². The van der Waals surface area contributed by atoms with Gasteiger partial charge in [-0.25, -0.2) is 4.98 Å². The zero-order valence-corrected chi connectivity index (χ0v) is 12.9. The van der Waals surface area contributed by atoms with Crippen LogP contribution in [0.25, 0.3) is 22.2 Å². The zero-order valence-electron chi connectivity index (χ0n) is 12.9. The zero-order chi connectivity index (χ0) is 15.8. The Morgan fingerprint density at radius 2 is 2.09 bits per heavy atom. The van der Waals surface area contributed by atoms with E-state index in [1.54, 1.807) is 4.90 Å². The first kappa shape index (κ1) is 13.6. The van der Waals surface area contributed by atoms with Gasteiger partial charge in [0.2, 0.25) is 0 Å². The van der Waals surface area contributed by atoms with Crippen molar-refractivity contribution in [2.45, 2.75) is 6.04 Å². The molecule has 1 aliphatic heterocycles. The number of hydrogen-bond donors (Lipinski definition) is 1. The number of rotatable bonds is 3. The van der Waals surface area contributed by atoms with Crippen LogP contribution in [0.3, 0.4) is 0 Å². The van der Waals surface area contributed by atoms with Crippen molar-refractivity contribution in [2.24, 2.45) is 0 Å². The van der Waals surface area contributed by atoms with Gasteiger partial charge in [-0.2, -0.15) is 5.26 Å². The molecule has 2 aromatic heterocycles. The molecule has 3 heterocycles. The van der Waals surface area contributed by atoms with E-state index in [1.165, 1.54) is 11.1 Å². The summed E-state index contributed by atoms with van der Waals surface area (Å²) < 4.78 is 0. The normalized spacial score (nSPS) is 14.5. The Morgan fingerprint density at radius 1 is 1.30 bits per heavy atom. The summed E-state index contributed by atoms with van der Waals surface area (Å²) in [7, 11) is 1.84. The van der Waals surface area contributed by atoms with Gasteiger partial charge in [0.25, 0.3) is 0 Å². The summed E-state index contributed by atoms with van der Waals surface area (Å²) in [5, 5.41) is 10.1. The third kappa shape index (κ3) is 2.29. The topological polar surface area (TPSA) is 59.0 Å². The number of aromatic nitrogens is 2. The molecule has 5 nitrogen and oxygen atoms in total. The fraction of sp³-hybridized carbons (Fsp3) is 0.222. The standard InChI is InChI=1S/C18H17N5/c1-22(12-19)15-10-23(11-15)14-7-16-17(9-21-18(16)20-8-14)13-5-3-2-4-6-13/h2-9,15H,10-11H2,1H3,(H,20,21). The van der Waals surface area contributed by atoms with Crippen LogP contribution in [-0.2, 0) is 0 Å². The summed E-state index contributed by atoms with van der Waals surface area (Å²) in [5.41, 5.74) is 4.36.